The van der Waals surface area contributed by atoms with E-state index < -0.39 is 16.0 Å². The van der Waals surface area contributed by atoms with Crippen LogP contribution in [0.2, 0.25) is 0 Å². The highest BCUT2D eigenvalue weighted by atomic mass is 35.5. The van der Waals surface area contributed by atoms with Crippen molar-refractivity contribution in [2.24, 2.45) is 0 Å². The Morgan fingerprint density at radius 2 is 1.64 bits per heavy atom. The third-order valence-corrected chi connectivity index (χ3v) is 6.23. The smallest absolute Gasteiger partial charge is 0.303 e. The fourth-order valence-corrected chi connectivity index (χ4v) is 4.34. The van der Waals surface area contributed by atoms with Crippen LogP contribution in [0, 0.1) is 0 Å². The van der Waals surface area contributed by atoms with E-state index in [0.717, 1.165) is 31.5 Å². The number of aryl methyl sites for hydroxylation is 1. The van der Waals surface area contributed by atoms with E-state index in [9.17, 15) is 13.2 Å². The highest BCUT2D eigenvalue weighted by Gasteiger charge is 2.17. The van der Waals surface area contributed by atoms with E-state index in [4.69, 9.17) is 5.11 Å². The third-order valence-electron chi connectivity index (χ3n) is 4.83. The first-order valence-corrected chi connectivity index (χ1v) is 10.6. The Bertz CT molecular complexity index is 877. The van der Waals surface area contributed by atoms with E-state index in [1.54, 1.807) is 24.3 Å². The molecule has 0 saturated carbocycles. The van der Waals surface area contributed by atoms with Crippen molar-refractivity contribution in [2.75, 3.05) is 17.8 Å². The van der Waals surface area contributed by atoms with E-state index in [2.05, 4.69) is 10.0 Å². The lowest BCUT2D eigenvalue weighted by atomic mass is 9.90. The molecule has 0 amide bonds. The van der Waals surface area contributed by atoms with Crippen molar-refractivity contribution in [1.82, 2.24) is 5.32 Å². The first kappa shape index (κ1) is 22.2. The first-order chi connectivity index (χ1) is 12.9. The number of hydrogen-bond acceptors (Lipinski definition) is 4. The summed E-state index contributed by atoms with van der Waals surface area (Å²) in [5.74, 6) is -0.350. The zero-order valence-corrected chi connectivity index (χ0v) is 17.1. The number of rotatable bonds is 7. The zero-order chi connectivity index (χ0) is 19.3. The number of aliphatic carboxylic acids is 1. The lowest BCUT2D eigenvalue weighted by molar-refractivity contribution is -0.136. The predicted molar refractivity (Wildman–Crippen MR) is 112 cm³/mol. The first-order valence-electron chi connectivity index (χ1n) is 9.08. The van der Waals surface area contributed by atoms with Gasteiger partial charge in [-0.2, -0.15) is 0 Å². The summed E-state index contributed by atoms with van der Waals surface area (Å²) < 4.78 is 27.7. The molecule has 1 saturated heterocycles. The van der Waals surface area contributed by atoms with Gasteiger partial charge in [-0.15, -0.1) is 12.4 Å². The molecule has 0 aliphatic carbocycles. The van der Waals surface area contributed by atoms with Gasteiger partial charge in [-0.05, 0) is 73.7 Å². The Morgan fingerprint density at radius 1 is 1.04 bits per heavy atom. The molecule has 1 heterocycles. The largest absolute Gasteiger partial charge is 0.481 e. The molecule has 0 radical (unpaired) electrons. The number of carboxylic acids is 1. The second kappa shape index (κ2) is 9.91. The molecule has 3 rings (SSSR count). The number of hydrogen-bond donors (Lipinski definition) is 3. The summed E-state index contributed by atoms with van der Waals surface area (Å²) in [6, 6.07) is 13.9. The van der Waals surface area contributed by atoms with Gasteiger partial charge in [0.15, 0.2) is 0 Å². The molecular formula is C20H25ClN2O4S. The fourth-order valence-electron chi connectivity index (χ4n) is 3.28. The van der Waals surface area contributed by atoms with Crippen LogP contribution in [-0.2, 0) is 21.2 Å². The van der Waals surface area contributed by atoms with Gasteiger partial charge in [0.05, 0.1) is 4.90 Å². The standard InChI is InChI=1S/C20H24N2O4S.ClH/c23-20(24)10-3-15-1-8-19(9-2-15)27(25,26)22-18-6-4-16(5-7-18)17-11-13-21-14-12-17;/h1-2,4-9,17,21-22H,3,10-14H2,(H,23,24);1H. The molecule has 2 aromatic rings. The molecule has 2 aromatic carbocycles. The minimum atomic E-state index is -3.68. The van der Waals surface area contributed by atoms with Crippen molar-refractivity contribution in [3.05, 3.63) is 59.7 Å². The molecule has 1 aliphatic rings. The van der Waals surface area contributed by atoms with Crippen LogP contribution >= 0.6 is 12.4 Å². The zero-order valence-electron chi connectivity index (χ0n) is 15.4. The van der Waals surface area contributed by atoms with Gasteiger partial charge in [0.25, 0.3) is 10.0 Å². The van der Waals surface area contributed by atoms with E-state index in [1.165, 1.54) is 17.7 Å². The molecule has 0 bridgehead atoms. The molecule has 28 heavy (non-hydrogen) atoms. The number of nitrogens with one attached hydrogen (secondary N) is 2. The number of carbonyl (C=O) groups is 1. The van der Waals surface area contributed by atoms with Crippen molar-refractivity contribution in [3.63, 3.8) is 0 Å². The number of sulfonamides is 1. The Balaban J connectivity index is 0.00000280. The summed E-state index contributed by atoms with van der Waals surface area (Å²) >= 11 is 0. The number of benzene rings is 2. The second-order valence-electron chi connectivity index (χ2n) is 6.79. The molecule has 152 valence electrons. The van der Waals surface area contributed by atoms with Crippen LogP contribution < -0.4 is 10.0 Å². The summed E-state index contributed by atoms with van der Waals surface area (Å²) in [6.45, 7) is 2.03. The molecule has 0 spiro atoms. The molecule has 1 fully saturated rings. The number of carboxylic acid groups (broad SMARTS) is 1. The Kier molecular flexibility index (Phi) is 7.86. The quantitative estimate of drug-likeness (QED) is 0.633. The Morgan fingerprint density at radius 3 is 2.21 bits per heavy atom. The normalized spacial score (nSPS) is 14.9. The molecular weight excluding hydrogens is 400 g/mol. The van der Waals surface area contributed by atoms with Crippen molar-refractivity contribution >= 4 is 34.1 Å². The Labute approximate surface area is 171 Å². The van der Waals surface area contributed by atoms with Crippen LogP contribution in [-0.4, -0.2) is 32.6 Å². The van der Waals surface area contributed by atoms with Crippen molar-refractivity contribution < 1.29 is 18.3 Å². The van der Waals surface area contributed by atoms with E-state index in [-0.39, 0.29) is 23.7 Å². The average molecular weight is 425 g/mol. The molecule has 0 unspecified atom stereocenters. The molecule has 0 aromatic heterocycles. The van der Waals surface area contributed by atoms with Gasteiger partial charge in [-0.25, -0.2) is 8.42 Å². The minimum Gasteiger partial charge on any atom is -0.481 e. The SMILES string of the molecule is Cl.O=C(O)CCc1ccc(S(=O)(=O)Nc2ccc(C3CCNCC3)cc2)cc1. The summed E-state index contributed by atoms with van der Waals surface area (Å²) in [7, 11) is -3.68. The predicted octanol–water partition coefficient (Wildman–Crippen LogP) is 3.39. The van der Waals surface area contributed by atoms with Crippen LogP contribution in [0.4, 0.5) is 5.69 Å². The van der Waals surface area contributed by atoms with E-state index in [0.29, 0.717) is 18.0 Å². The summed E-state index contributed by atoms with van der Waals surface area (Å²) in [5.41, 5.74) is 2.56. The second-order valence-corrected chi connectivity index (χ2v) is 8.47. The van der Waals surface area contributed by atoms with Gasteiger partial charge in [-0.3, -0.25) is 9.52 Å². The average Bonchev–Trinajstić information content (AvgIpc) is 2.68. The van der Waals surface area contributed by atoms with Crippen LogP contribution in [0.25, 0.3) is 0 Å². The van der Waals surface area contributed by atoms with Crippen molar-refractivity contribution in [1.29, 1.82) is 0 Å². The molecule has 3 N–H and O–H groups in total. The maximum atomic E-state index is 12.6. The lowest BCUT2D eigenvalue weighted by Gasteiger charge is -2.23. The summed E-state index contributed by atoms with van der Waals surface area (Å²) in [5, 5.41) is 12.1. The van der Waals surface area contributed by atoms with Crippen LogP contribution in [0.3, 0.4) is 0 Å². The summed E-state index contributed by atoms with van der Waals surface area (Å²) in [6.07, 6.45) is 2.59. The van der Waals surface area contributed by atoms with Gasteiger partial charge in [-0.1, -0.05) is 24.3 Å². The van der Waals surface area contributed by atoms with E-state index in [1.807, 2.05) is 12.1 Å². The maximum absolute atomic E-state index is 12.6. The van der Waals surface area contributed by atoms with Gasteiger partial charge < -0.3 is 10.4 Å². The molecule has 8 heteroatoms. The molecule has 1 aliphatic heterocycles. The molecule has 6 nitrogen and oxygen atoms in total. The van der Waals surface area contributed by atoms with Crippen molar-refractivity contribution in [2.45, 2.75) is 36.5 Å². The van der Waals surface area contributed by atoms with Gasteiger partial charge in [0.2, 0.25) is 0 Å². The van der Waals surface area contributed by atoms with Gasteiger partial charge >= 0.3 is 5.97 Å². The Hall–Kier alpha value is -2.09. The number of piperidine rings is 1. The van der Waals surface area contributed by atoms with Crippen LogP contribution in [0.1, 0.15) is 36.3 Å². The summed E-state index contributed by atoms with van der Waals surface area (Å²) in [4.78, 5) is 10.8. The molecule has 0 atom stereocenters. The lowest BCUT2D eigenvalue weighted by Crippen LogP contribution is -2.26. The number of anilines is 1. The third kappa shape index (κ3) is 5.95. The monoisotopic (exact) mass is 424 g/mol. The van der Waals surface area contributed by atoms with Gasteiger partial charge in [0.1, 0.15) is 0 Å². The minimum absolute atomic E-state index is 0. The van der Waals surface area contributed by atoms with Crippen LogP contribution in [0.15, 0.2) is 53.4 Å². The van der Waals surface area contributed by atoms with Crippen LogP contribution in [0.5, 0.6) is 0 Å². The highest BCUT2D eigenvalue weighted by molar-refractivity contribution is 7.92. The van der Waals surface area contributed by atoms with E-state index >= 15 is 0 Å². The fraction of sp³-hybridized carbons (Fsp3) is 0.350. The highest BCUT2D eigenvalue weighted by Crippen LogP contribution is 2.27. The number of halogens is 1. The topological polar surface area (TPSA) is 95.5 Å². The maximum Gasteiger partial charge on any atom is 0.303 e. The van der Waals surface area contributed by atoms with Gasteiger partial charge in [0, 0.05) is 12.1 Å². The van der Waals surface area contributed by atoms with Crippen molar-refractivity contribution in [3.8, 4) is 0 Å².